The predicted octanol–water partition coefficient (Wildman–Crippen LogP) is 2.14. The molecule has 0 amide bonds. The van der Waals surface area contributed by atoms with Crippen LogP contribution in [0, 0.1) is 0 Å². The lowest BCUT2D eigenvalue weighted by molar-refractivity contribution is 0.187. The normalized spacial score (nSPS) is 14.6. The van der Waals surface area contributed by atoms with Crippen LogP contribution in [0.5, 0.6) is 5.75 Å². The van der Waals surface area contributed by atoms with Crippen molar-refractivity contribution in [2.75, 3.05) is 13.2 Å². The third-order valence-electron chi connectivity index (χ3n) is 2.98. The van der Waals surface area contributed by atoms with Gasteiger partial charge in [0.15, 0.2) is 0 Å². The number of halogens is 1. The van der Waals surface area contributed by atoms with Crippen molar-refractivity contribution >= 4 is 11.6 Å². The minimum atomic E-state index is -0.298. The molecule has 4 heteroatoms. The van der Waals surface area contributed by atoms with Crippen molar-refractivity contribution in [3.8, 4) is 5.75 Å². The highest BCUT2D eigenvalue weighted by Crippen LogP contribution is 2.32. The van der Waals surface area contributed by atoms with Gasteiger partial charge in [-0.2, -0.15) is 0 Å². The zero-order valence-electron chi connectivity index (χ0n) is 10.2. The number of fused-ring (bicyclic) bond motifs is 1. The van der Waals surface area contributed by atoms with Gasteiger partial charge in [-0.1, -0.05) is 11.6 Å². The Hall–Kier alpha value is -0.770. The Morgan fingerprint density at radius 1 is 1.47 bits per heavy atom. The number of aliphatic hydroxyl groups excluding tert-OH is 1. The molecule has 0 saturated carbocycles. The second-order valence-corrected chi connectivity index (χ2v) is 5.48. The maximum atomic E-state index is 9.20. The Labute approximate surface area is 107 Å². The Bertz CT molecular complexity index is 418. The van der Waals surface area contributed by atoms with E-state index in [9.17, 15) is 5.11 Å². The van der Waals surface area contributed by atoms with Crippen molar-refractivity contribution in [1.29, 1.82) is 0 Å². The Balaban J connectivity index is 2.16. The van der Waals surface area contributed by atoms with E-state index in [4.69, 9.17) is 16.3 Å². The second kappa shape index (κ2) is 4.84. The molecule has 94 valence electrons. The van der Waals surface area contributed by atoms with Crippen LogP contribution in [0.4, 0.5) is 0 Å². The monoisotopic (exact) mass is 255 g/mol. The molecule has 1 aliphatic heterocycles. The fourth-order valence-electron chi connectivity index (χ4n) is 1.87. The van der Waals surface area contributed by atoms with Gasteiger partial charge in [-0.25, -0.2) is 0 Å². The van der Waals surface area contributed by atoms with E-state index < -0.39 is 0 Å². The van der Waals surface area contributed by atoms with E-state index in [0.29, 0.717) is 6.54 Å². The number of aliphatic hydroxyl groups is 1. The molecule has 1 aliphatic rings. The first-order valence-corrected chi connectivity index (χ1v) is 6.19. The summed E-state index contributed by atoms with van der Waals surface area (Å²) in [5.74, 6) is 0.954. The predicted molar refractivity (Wildman–Crippen MR) is 68.7 cm³/mol. The molecule has 0 unspecified atom stereocenters. The minimum Gasteiger partial charge on any atom is -0.493 e. The van der Waals surface area contributed by atoms with E-state index in [0.717, 1.165) is 29.4 Å². The summed E-state index contributed by atoms with van der Waals surface area (Å²) in [6.45, 7) is 5.39. The molecule has 2 N–H and O–H groups in total. The van der Waals surface area contributed by atoms with Gasteiger partial charge in [0.05, 0.1) is 13.2 Å². The summed E-state index contributed by atoms with van der Waals surface area (Å²) >= 11 is 6.08. The van der Waals surface area contributed by atoms with Gasteiger partial charge in [0.1, 0.15) is 5.75 Å². The van der Waals surface area contributed by atoms with Gasteiger partial charge in [0.2, 0.25) is 0 Å². The largest absolute Gasteiger partial charge is 0.493 e. The van der Waals surface area contributed by atoms with Crippen LogP contribution in [-0.2, 0) is 13.0 Å². The molecule has 0 atom stereocenters. The maximum absolute atomic E-state index is 9.20. The molecule has 2 rings (SSSR count). The number of benzene rings is 1. The first-order chi connectivity index (χ1) is 8.02. The summed E-state index contributed by atoms with van der Waals surface area (Å²) in [6, 6.07) is 3.89. The van der Waals surface area contributed by atoms with Gasteiger partial charge in [-0.15, -0.1) is 0 Å². The van der Waals surface area contributed by atoms with E-state index in [-0.39, 0.29) is 12.1 Å². The van der Waals surface area contributed by atoms with Crippen molar-refractivity contribution in [3.63, 3.8) is 0 Å². The van der Waals surface area contributed by atoms with Gasteiger partial charge >= 0.3 is 0 Å². The highest BCUT2D eigenvalue weighted by atomic mass is 35.5. The van der Waals surface area contributed by atoms with E-state index in [1.54, 1.807) is 0 Å². The number of hydrogen-bond acceptors (Lipinski definition) is 3. The number of rotatable bonds is 4. The molecule has 0 saturated heterocycles. The molecule has 0 fully saturated rings. The highest BCUT2D eigenvalue weighted by molar-refractivity contribution is 6.30. The first-order valence-electron chi connectivity index (χ1n) is 5.82. The van der Waals surface area contributed by atoms with Crippen molar-refractivity contribution in [3.05, 3.63) is 28.3 Å². The summed E-state index contributed by atoms with van der Waals surface area (Å²) in [4.78, 5) is 0. The van der Waals surface area contributed by atoms with Crippen LogP contribution < -0.4 is 10.1 Å². The van der Waals surface area contributed by atoms with Crippen molar-refractivity contribution in [1.82, 2.24) is 5.32 Å². The molecular weight excluding hydrogens is 238 g/mol. The quantitative estimate of drug-likeness (QED) is 0.866. The molecule has 0 aromatic heterocycles. The SMILES string of the molecule is CC(C)(CO)NCc1cc(Cl)cc2c1OCC2. The zero-order chi connectivity index (χ0) is 12.5. The topological polar surface area (TPSA) is 41.5 Å². The fourth-order valence-corrected chi connectivity index (χ4v) is 2.13. The summed E-state index contributed by atoms with van der Waals surface area (Å²) in [5.41, 5.74) is 1.94. The minimum absolute atomic E-state index is 0.0939. The van der Waals surface area contributed by atoms with Crippen molar-refractivity contribution in [2.24, 2.45) is 0 Å². The number of nitrogens with one attached hydrogen (secondary N) is 1. The maximum Gasteiger partial charge on any atom is 0.127 e. The van der Waals surface area contributed by atoms with Crippen molar-refractivity contribution in [2.45, 2.75) is 32.4 Å². The Morgan fingerprint density at radius 3 is 2.94 bits per heavy atom. The van der Waals surface area contributed by atoms with E-state index in [1.807, 2.05) is 26.0 Å². The van der Waals surface area contributed by atoms with Crippen LogP contribution in [0.25, 0.3) is 0 Å². The second-order valence-electron chi connectivity index (χ2n) is 5.05. The van der Waals surface area contributed by atoms with Gasteiger partial charge in [-0.05, 0) is 31.5 Å². The molecule has 0 bridgehead atoms. The number of ether oxygens (including phenoxy) is 1. The van der Waals surface area contributed by atoms with E-state index >= 15 is 0 Å². The summed E-state index contributed by atoms with van der Waals surface area (Å²) in [5, 5.41) is 13.2. The Morgan fingerprint density at radius 2 is 2.24 bits per heavy atom. The third kappa shape index (κ3) is 2.92. The van der Waals surface area contributed by atoms with Crippen LogP contribution in [-0.4, -0.2) is 23.9 Å². The number of hydrogen-bond donors (Lipinski definition) is 2. The average Bonchev–Trinajstić information content (AvgIpc) is 2.73. The summed E-state index contributed by atoms with van der Waals surface area (Å²) < 4.78 is 5.62. The molecule has 0 radical (unpaired) electrons. The molecule has 1 aromatic rings. The lowest BCUT2D eigenvalue weighted by Gasteiger charge is -2.24. The molecule has 1 aromatic carbocycles. The van der Waals surface area contributed by atoms with E-state index in [1.165, 1.54) is 5.56 Å². The molecule has 0 aliphatic carbocycles. The van der Waals surface area contributed by atoms with Gasteiger partial charge in [0, 0.05) is 29.1 Å². The van der Waals surface area contributed by atoms with Gasteiger partial charge in [0.25, 0.3) is 0 Å². The van der Waals surface area contributed by atoms with Gasteiger partial charge < -0.3 is 15.2 Å². The summed E-state index contributed by atoms with van der Waals surface area (Å²) in [6.07, 6.45) is 0.923. The molecule has 1 heterocycles. The molecule has 17 heavy (non-hydrogen) atoms. The lowest BCUT2D eigenvalue weighted by Crippen LogP contribution is -2.42. The standard InChI is InChI=1S/C13H18ClNO2/c1-13(2,8-16)15-7-10-6-11(14)5-9-3-4-17-12(9)10/h5-6,15-16H,3-4,7-8H2,1-2H3. The summed E-state index contributed by atoms with van der Waals surface area (Å²) in [7, 11) is 0. The van der Waals surface area contributed by atoms with Crippen molar-refractivity contribution < 1.29 is 9.84 Å². The smallest absolute Gasteiger partial charge is 0.127 e. The average molecular weight is 256 g/mol. The van der Waals surface area contributed by atoms with Crippen LogP contribution in [0.3, 0.4) is 0 Å². The highest BCUT2D eigenvalue weighted by Gasteiger charge is 2.20. The van der Waals surface area contributed by atoms with Crippen LogP contribution >= 0.6 is 11.6 Å². The van der Waals surface area contributed by atoms with Crippen LogP contribution in [0.1, 0.15) is 25.0 Å². The Kier molecular flexibility index (Phi) is 3.61. The fraction of sp³-hybridized carbons (Fsp3) is 0.538. The zero-order valence-corrected chi connectivity index (χ0v) is 11.0. The molecule has 0 spiro atoms. The van der Waals surface area contributed by atoms with Gasteiger partial charge in [-0.3, -0.25) is 0 Å². The molecular formula is C13H18ClNO2. The third-order valence-corrected chi connectivity index (χ3v) is 3.20. The van der Waals surface area contributed by atoms with Crippen LogP contribution in [0.2, 0.25) is 5.02 Å². The first kappa shape index (κ1) is 12.7. The van der Waals surface area contributed by atoms with Crippen LogP contribution in [0.15, 0.2) is 12.1 Å². The lowest BCUT2D eigenvalue weighted by atomic mass is 10.0. The van der Waals surface area contributed by atoms with E-state index in [2.05, 4.69) is 5.32 Å². The molecule has 3 nitrogen and oxygen atoms in total.